The van der Waals surface area contributed by atoms with Crippen molar-refractivity contribution in [2.45, 2.75) is 25.7 Å². The first-order valence-corrected chi connectivity index (χ1v) is 6.87. The molecule has 0 saturated carbocycles. The molecule has 0 unspecified atom stereocenters. The van der Waals surface area contributed by atoms with Gasteiger partial charge in [-0.1, -0.05) is 11.6 Å². The number of halogens is 1. The van der Waals surface area contributed by atoms with E-state index in [0.717, 1.165) is 36.0 Å². The molecule has 0 fully saturated rings. The van der Waals surface area contributed by atoms with Crippen molar-refractivity contribution in [1.29, 1.82) is 0 Å². The van der Waals surface area contributed by atoms with Crippen LogP contribution in [0, 0.1) is 0 Å². The predicted octanol–water partition coefficient (Wildman–Crippen LogP) is 3.11. The Balaban J connectivity index is 2.37. The Kier molecular flexibility index (Phi) is 4.19. The number of aryl methyl sites for hydroxylation is 1. The zero-order chi connectivity index (χ0) is 13.1. The maximum absolute atomic E-state index is 11.5. The van der Waals surface area contributed by atoms with Gasteiger partial charge < -0.3 is 4.74 Å². The van der Waals surface area contributed by atoms with Gasteiger partial charge in [0.15, 0.2) is 0 Å². The van der Waals surface area contributed by atoms with Crippen molar-refractivity contribution in [2.24, 2.45) is 0 Å². The van der Waals surface area contributed by atoms with Crippen LogP contribution in [0.3, 0.4) is 0 Å². The van der Waals surface area contributed by atoms with Gasteiger partial charge in [-0.2, -0.15) is 0 Å². The minimum atomic E-state index is -0.325. The molecule has 0 aromatic carbocycles. The highest BCUT2D eigenvalue weighted by molar-refractivity contribution is 7.14. The molecule has 5 heteroatoms. The standard InChI is InChI=1S/C13H13ClO3S/c1-17-13(16)12-6-8-5-9(7-15)10(14)3-2-4-11(8)18-12/h6-7H,2-5H2,1H3/b10-9-. The molecule has 96 valence electrons. The molecule has 0 N–H and O–H groups in total. The monoisotopic (exact) mass is 284 g/mol. The molecule has 2 rings (SSSR count). The van der Waals surface area contributed by atoms with E-state index in [1.807, 2.05) is 6.07 Å². The number of thiophene rings is 1. The SMILES string of the molecule is COC(=O)c1cc2c(s1)CCC/C(Cl)=C(/C=O)C2. The number of carbonyl (C=O) groups is 2. The van der Waals surface area contributed by atoms with Crippen molar-refractivity contribution in [3.05, 3.63) is 32.0 Å². The Hall–Kier alpha value is -1.13. The molecule has 0 saturated heterocycles. The van der Waals surface area contributed by atoms with E-state index in [4.69, 9.17) is 16.3 Å². The van der Waals surface area contributed by atoms with Crippen LogP contribution in [0.25, 0.3) is 0 Å². The molecule has 0 radical (unpaired) electrons. The lowest BCUT2D eigenvalue weighted by Gasteiger charge is -2.10. The lowest BCUT2D eigenvalue weighted by molar-refractivity contribution is -0.105. The van der Waals surface area contributed by atoms with E-state index in [1.165, 1.54) is 18.4 Å². The molecule has 1 aromatic rings. The third kappa shape index (κ3) is 2.65. The fourth-order valence-corrected chi connectivity index (χ4v) is 3.39. The van der Waals surface area contributed by atoms with E-state index >= 15 is 0 Å². The van der Waals surface area contributed by atoms with Gasteiger partial charge in [-0.25, -0.2) is 4.79 Å². The number of esters is 1. The summed E-state index contributed by atoms with van der Waals surface area (Å²) in [6, 6.07) is 1.81. The summed E-state index contributed by atoms with van der Waals surface area (Å²) in [4.78, 5) is 24.3. The van der Waals surface area contributed by atoms with Crippen LogP contribution in [-0.2, 0) is 22.4 Å². The summed E-state index contributed by atoms with van der Waals surface area (Å²) >= 11 is 7.53. The number of hydrogen-bond acceptors (Lipinski definition) is 4. The first-order valence-electron chi connectivity index (χ1n) is 5.68. The van der Waals surface area contributed by atoms with E-state index < -0.39 is 0 Å². The summed E-state index contributed by atoms with van der Waals surface area (Å²) in [5, 5.41) is 0.640. The van der Waals surface area contributed by atoms with Crippen molar-refractivity contribution < 1.29 is 14.3 Å². The van der Waals surface area contributed by atoms with Crippen LogP contribution >= 0.6 is 22.9 Å². The van der Waals surface area contributed by atoms with E-state index in [2.05, 4.69) is 0 Å². The van der Waals surface area contributed by atoms with Crippen molar-refractivity contribution >= 4 is 35.2 Å². The highest BCUT2D eigenvalue weighted by Crippen LogP contribution is 2.31. The van der Waals surface area contributed by atoms with Gasteiger partial charge in [0.1, 0.15) is 11.2 Å². The molecule has 0 spiro atoms. The van der Waals surface area contributed by atoms with Gasteiger partial charge in [0, 0.05) is 21.9 Å². The van der Waals surface area contributed by atoms with Crippen molar-refractivity contribution in [2.75, 3.05) is 7.11 Å². The second-order valence-electron chi connectivity index (χ2n) is 4.13. The molecule has 1 heterocycles. The second-order valence-corrected chi connectivity index (χ2v) is 5.72. The van der Waals surface area contributed by atoms with E-state index in [1.54, 1.807) is 0 Å². The molecule has 3 nitrogen and oxygen atoms in total. The van der Waals surface area contributed by atoms with Crippen LogP contribution in [-0.4, -0.2) is 19.4 Å². The van der Waals surface area contributed by atoms with Crippen molar-refractivity contribution in [3.63, 3.8) is 0 Å². The average molecular weight is 285 g/mol. The normalized spacial score (nSPS) is 19.7. The van der Waals surface area contributed by atoms with Crippen LogP contribution in [0.15, 0.2) is 16.7 Å². The fraction of sp³-hybridized carbons (Fsp3) is 0.385. The molecule has 1 aliphatic carbocycles. The molecule has 0 aliphatic heterocycles. The van der Waals surface area contributed by atoms with Crippen molar-refractivity contribution in [1.82, 2.24) is 0 Å². The number of allylic oxidation sites excluding steroid dienone is 2. The summed E-state index contributed by atoms with van der Waals surface area (Å²) in [6.07, 6.45) is 3.82. The third-order valence-corrected chi connectivity index (χ3v) is 4.60. The van der Waals surface area contributed by atoms with E-state index in [9.17, 15) is 9.59 Å². The lowest BCUT2D eigenvalue weighted by Crippen LogP contribution is -2.01. The highest BCUT2D eigenvalue weighted by atomic mass is 35.5. The molecule has 0 atom stereocenters. The number of ether oxygens (including phenoxy) is 1. The predicted molar refractivity (Wildman–Crippen MR) is 71.2 cm³/mol. The Morgan fingerprint density at radius 2 is 2.28 bits per heavy atom. The van der Waals surface area contributed by atoms with E-state index in [-0.39, 0.29) is 5.97 Å². The van der Waals surface area contributed by atoms with Gasteiger partial charge in [0.25, 0.3) is 0 Å². The molecule has 0 amide bonds. The Morgan fingerprint density at radius 3 is 2.94 bits per heavy atom. The second kappa shape index (κ2) is 5.67. The van der Waals surface area contributed by atoms with Crippen LogP contribution in [0.5, 0.6) is 0 Å². The minimum absolute atomic E-state index is 0.325. The summed E-state index contributed by atoms with van der Waals surface area (Å²) in [5.41, 5.74) is 1.63. The minimum Gasteiger partial charge on any atom is -0.465 e. The number of carbonyl (C=O) groups excluding carboxylic acids is 2. The molecular formula is C13H13ClO3S. The number of rotatable bonds is 2. The van der Waals surface area contributed by atoms with Gasteiger partial charge in [-0.05, 0) is 30.9 Å². The maximum Gasteiger partial charge on any atom is 0.348 e. The molecule has 18 heavy (non-hydrogen) atoms. The zero-order valence-corrected chi connectivity index (χ0v) is 11.6. The Bertz CT molecular complexity index is 516. The summed E-state index contributed by atoms with van der Waals surface area (Å²) in [6.45, 7) is 0. The van der Waals surface area contributed by atoms with Gasteiger partial charge in [0.05, 0.1) is 7.11 Å². The first-order chi connectivity index (χ1) is 8.65. The quantitative estimate of drug-likeness (QED) is 0.619. The number of fused-ring (bicyclic) bond motifs is 1. The summed E-state index contributed by atoms with van der Waals surface area (Å²) < 4.78 is 4.71. The van der Waals surface area contributed by atoms with Crippen molar-refractivity contribution in [3.8, 4) is 0 Å². The number of hydrogen-bond donors (Lipinski definition) is 0. The van der Waals surface area contributed by atoms with Gasteiger partial charge >= 0.3 is 5.97 Å². The van der Waals surface area contributed by atoms with E-state index in [0.29, 0.717) is 21.9 Å². The maximum atomic E-state index is 11.5. The number of aldehydes is 1. The molecule has 0 bridgehead atoms. The summed E-state index contributed by atoms with van der Waals surface area (Å²) in [7, 11) is 1.37. The lowest BCUT2D eigenvalue weighted by atomic mass is 9.99. The fourth-order valence-electron chi connectivity index (χ4n) is 2.00. The van der Waals surface area contributed by atoms with Crippen LogP contribution < -0.4 is 0 Å². The Morgan fingerprint density at radius 1 is 1.50 bits per heavy atom. The summed E-state index contributed by atoms with van der Waals surface area (Å²) in [5.74, 6) is -0.325. The van der Waals surface area contributed by atoms with Crippen LogP contribution in [0.2, 0.25) is 0 Å². The number of methoxy groups -OCH3 is 1. The third-order valence-electron chi connectivity index (χ3n) is 2.95. The molecular weight excluding hydrogens is 272 g/mol. The van der Waals surface area contributed by atoms with Gasteiger partial charge in [0.2, 0.25) is 0 Å². The van der Waals surface area contributed by atoms with Crippen LogP contribution in [0.4, 0.5) is 0 Å². The zero-order valence-electron chi connectivity index (χ0n) is 9.99. The smallest absolute Gasteiger partial charge is 0.348 e. The highest BCUT2D eigenvalue weighted by Gasteiger charge is 2.18. The van der Waals surface area contributed by atoms with Gasteiger partial charge in [-0.15, -0.1) is 11.3 Å². The topological polar surface area (TPSA) is 43.4 Å². The first kappa shape index (κ1) is 13.3. The largest absolute Gasteiger partial charge is 0.465 e. The molecule has 1 aliphatic rings. The average Bonchev–Trinajstić information content (AvgIpc) is 2.75. The van der Waals surface area contributed by atoms with Crippen LogP contribution in [0.1, 0.15) is 33.0 Å². The molecule has 1 aromatic heterocycles. The van der Waals surface area contributed by atoms with Gasteiger partial charge in [-0.3, -0.25) is 4.79 Å². The Labute approximate surface area is 114 Å².